The van der Waals surface area contributed by atoms with Crippen LogP contribution in [0.4, 0.5) is 0 Å². The molecule has 8 heteroatoms. The van der Waals surface area contributed by atoms with E-state index in [0.717, 1.165) is 39.2 Å². The van der Waals surface area contributed by atoms with Crippen molar-refractivity contribution in [3.05, 3.63) is 65.8 Å². The third kappa shape index (κ3) is 5.20. The Morgan fingerprint density at radius 2 is 1.72 bits per heavy atom. The fraction of sp³-hybridized carbons (Fsp3) is 0.250. The van der Waals surface area contributed by atoms with E-state index in [1.54, 1.807) is 7.11 Å². The van der Waals surface area contributed by atoms with Crippen LogP contribution in [-0.4, -0.2) is 42.2 Å². The summed E-state index contributed by atoms with van der Waals surface area (Å²) < 4.78 is 18.3. The van der Waals surface area contributed by atoms with Gasteiger partial charge in [-0.15, -0.1) is 11.3 Å². The van der Waals surface area contributed by atoms with E-state index in [9.17, 15) is 4.79 Å². The van der Waals surface area contributed by atoms with Gasteiger partial charge in [-0.1, -0.05) is 0 Å². The second-order valence-electron chi connectivity index (χ2n) is 7.01. The Kier molecular flexibility index (Phi) is 6.91. The third-order valence-corrected chi connectivity index (χ3v) is 5.73. The van der Waals surface area contributed by atoms with Gasteiger partial charge >= 0.3 is 0 Å². The van der Waals surface area contributed by atoms with E-state index in [1.807, 2.05) is 71.4 Å². The van der Waals surface area contributed by atoms with Crippen LogP contribution in [0.2, 0.25) is 0 Å². The van der Waals surface area contributed by atoms with Gasteiger partial charge in [0, 0.05) is 22.8 Å². The normalized spacial score (nSPS) is 10.8. The van der Waals surface area contributed by atoms with Crippen LogP contribution in [0.15, 0.2) is 60.1 Å². The number of carbonyl (C=O) groups is 1. The predicted molar refractivity (Wildman–Crippen MR) is 125 cm³/mol. The van der Waals surface area contributed by atoms with E-state index < -0.39 is 0 Å². The van der Waals surface area contributed by atoms with Crippen molar-refractivity contribution in [3.8, 4) is 28.5 Å². The highest BCUT2D eigenvalue weighted by atomic mass is 32.1. The summed E-state index contributed by atoms with van der Waals surface area (Å²) >= 11 is 1.52. The van der Waals surface area contributed by atoms with Gasteiger partial charge in [0.1, 0.15) is 23.9 Å². The van der Waals surface area contributed by atoms with E-state index in [4.69, 9.17) is 14.2 Å². The first-order valence-electron chi connectivity index (χ1n) is 10.4. The second-order valence-corrected chi connectivity index (χ2v) is 7.85. The highest BCUT2D eigenvalue weighted by Crippen LogP contribution is 2.25. The Labute approximate surface area is 190 Å². The molecular formula is C24H25N3O4S. The van der Waals surface area contributed by atoms with E-state index in [2.05, 4.69) is 10.3 Å². The van der Waals surface area contributed by atoms with E-state index >= 15 is 0 Å². The summed E-state index contributed by atoms with van der Waals surface area (Å²) in [5, 5.41) is 4.88. The number of ether oxygens (including phenoxy) is 3. The average molecular weight is 452 g/mol. The van der Waals surface area contributed by atoms with Crippen LogP contribution in [0.1, 0.15) is 12.6 Å². The van der Waals surface area contributed by atoms with E-state index in [0.29, 0.717) is 19.8 Å². The third-order valence-electron chi connectivity index (χ3n) is 4.84. The smallest absolute Gasteiger partial charge is 0.226 e. The standard InChI is InChI=1S/C24H25N3O4S/c1-3-30-20-8-10-21(11-9-20)31-13-12-25-23(28)14-18-16-32-24-26-22(15-27(18)24)17-4-6-19(29-2)7-5-17/h4-11,15-16H,3,12-14H2,1-2H3,(H,25,28). The van der Waals surface area contributed by atoms with Crippen LogP contribution in [0, 0.1) is 0 Å². The Balaban J connectivity index is 1.29. The fourth-order valence-electron chi connectivity index (χ4n) is 3.24. The van der Waals surface area contributed by atoms with Gasteiger partial charge in [-0.3, -0.25) is 9.20 Å². The van der Waals surface area contributed by atoms with Crippen molar-refractivity contribution >= 4 is 22.2 Å². The summed E-state index contributed by atoms with van der Waals surface area (Å²) in [5.41, 5.74) is 2.77. The van der Waals surface area contributed by atoms with Crippen LogP contribution in [0.25, 0.3) is 16.2 Å². The zero-order chi connectivity index (χ0) is 22.3. The lowest BCUT2D eigenvalue weighted by Crippen LogP contribution is -2.29. The molecule has 2 heterocycles. The van der Waals surface area contributed by atoms with Gasteiger partial charge in [0.2, 0.25) is 5.91 Å². The lowest BCUT2D eigenvalue weighted by atomic mass is 10.2. The molecule has 0 spiro atoms. The van der Waals surface area contributed by atoms with Gasteiger partial charge in [0.15, 0.2) is 4.96 Å². The van der Waals surface area contributed by atoms with Crippen LogP contribution >= 0.6 is 11.3 Å². The lowest BCUT2D eigenvalue weighted by molar-refractivity contribution is -0.120. The number of benzene rings is 2. The number of thiazole rings is 1. The summed E-state index contributed by atoms with van der Waals surface area (Å²) in [6.07, 6.45) is 2.24. The molecule has 0 aliphatic heterocycles. The maximum absolute atomic E-state index is 12.4. The maximum Gasteiger partial charge on any atom is 0.226 e. The quantitative estimate of drug-likeness (QED) is 0.366. The first-order chi connectivity index (χ1) is 15.7. The molecule has 7 nitrogen and oxygen atoms in total. The summed E-state index contributed by atoms with van der Waals surface area (Å²) in [5.74, 6) is 2.30. The summed E-state index contributed by atoms with van der Waals surface area (Å²) in [4.78, 5) is 17.9. The van der Waals surface area contributed by atoms with Gasteiger partial charge in [-0.25, -0.2) is 4.98 Å². The van der Waals surface area contributed by atoms with Gasteiger partial charge in [0.25, 0.3) is 0 Å². The Hall–Kier alpha value is -3.52. The number of nitrogens with one attached hydrogen (secondary N) is 1. The SMILES string of the molecule is CCOc1ccc(OCCNC(=O)Cc2csc3nc(-c4ccc(OC)cc4)cn23)cc1. The van der Waals surface area contributed by atoms with Crippen molar-refractivity contribution in [1.29, 1.82) is 0 Å². The Morgan fingerprint density at radius 1 is 1.03 bits per heavy atom. The Morgan fingerprint density at radius 3 is 2.41 bits per heavy atom. The van der Waals surface area contributed by atoms with Gasteiger partial charge in [-0.2, -0.15) is 0 Å². The van der Waals surface area contributed by atoms with Crippen LogP contribution in [-0.2, 0) is 11.2 Å². The molecule has 0 fully saturated rings. The number of hydrogen-bond acceptors (Lipinski definition) is 6. The van der Waals surface area contributed by atoms with Crippen molar-refractivity contribution in [2.45, 2.75) is 13.3 Å². The molecule has 2 aromatic heterocycles. The van der Waals surface area contributed by atoms with Crippen LogP contribution < -0.4 is 19.5 Å². The minimum Gasteiger partial charge on any atom is -0.497 e. The molecule has 0 atom stereocenters. The molecule has 2 aromatic carbocycles. The average Bonchev–Trinajstić information content (AvgIpc) is 3.40. The molecule has 4 aromatic rings. The molecule has 0 unspecified atom stereocenters. The monoisotopic (exact) mass is 451 g/mol. The minimum atomic E-state index is -0.0558. The fourth-order valence-corrected chi connectivity index (χ4v) is 4.12. The van der Waals surface area contributed by atoms with Crippen LogP contribution in [0.5, 0.6) is 17.2 Å². The van der Waals surface area contributed by atoms with E-state index in [1.165, 1.54) is 11.3 Å². The number of imidazole rings is 1. The number of aromatic nitrogens is 2. The topological polar surface area (TPSA) is 74.1 Å². The molecule has 4 rings (SSSR count). The molecule has 1 amide bonds. The molecule has 0 aliphatic rings. The maximum atomic E-state index is 12.4. The molecule has 0 saturated heterocycles. The predicted octanol–water partition coefficient (Wildman–Crippen LogP) is 4.21. The minimum absolute atomic E-state index is 0.0558. The number of rotatable bonds is 10. The molecular weight excluding hydrogens is 426 g/mol. The molecule has 0 radical (unpaired) electrons. The number of nitrogens with zero attached hydrogens (tertiary/aromatic N) is 2. The molecule has 1 N–H and O–H groups in total. The first-order valence-corrected chi connectivity index (χ1v) is 11.3. The second kappa shape index (κ2) is 10.2. The zero-order valence-electron chi connectivity index (χ0n) is 18.0. The molecule has 166 valence electrons. The van der Waals surface area contributed by atoms with Gasteiger partial charge in [0.05, 0.1) is 32.4 Å². The Bertz CT molecular complexity index is 1170. The van der Waals surface area contributed by atoms with Gasteiger partial charge in [-0.05, 0) is 55.5 Å². The summed E-state index contributed by atoms with van der Waals surface area (Å²) in [6.45, 7) is 3.40. The van der Waals surface area contributed by atoms with Crippen molar-refractivity contribution in [2.24, 2.45) is 0 Å². The summed E-state index contributed by atoms with van der Waals surface area (Å²) in [6, 6.07) is 15.2. The molecule has 0 bridgehead atoms. The van der Waals surface area contributed by atoms with Gasteiger partial charge < -0.3 is 19.5 Å². The first kappa shape index (κ1) is 21.7. The molecule has 32 heavy (non-hydrogen) atoms. The highest BCUT2D eigenvalue weighted by molar-refractivity contribution is 7.15. The van der Waals surface area contributed by atoms with Crippen molar-refractivity contribution < 1.29 is 19.0 Å². The molecule has 0 saturated carbocycles. The summed E-state index contributed by atoms with van der Waals surface area (Å²) in [7, 11) is 1.64. The molecule has 0 aliphatic carbocycles. The lowest BCUT2D eigenvalue weighted by Gasteiger charge is -2.09. The highest BCUT2D eigenvalue weighted by Gasteiger charge is 2.12. The zero-order valence-corrected chi connectivity index (χ0v) is 18.9. The van der Waals surface area contributed by atoms with Crippen molar-refractivity contribution in [3.63, 3.8) is 0 Å². The number of carbonyl (C=O) groups excluding carboxylic acids is 1. The van der Waals surface area contributed by atoms with Crippen molar-refractivity contribution in [2.75, 3.05) is 26.9 Å². The van der Waals surface area contributed by atoms with Crippen LogP contribution in [0.3, 0.4) is 0 Å². The van der Waals surface area contributed by atoms with E-state index in [-0.39, 0.29) is 12.3 Å². The number of methoxy groups -OCH3 is 1. The number of hydrogen-bond donors (Lipinski definition) is 1. The number of amides is 1. The largest absolute Gasteiger partial charge is 0.497 e. The number of fused-ring (bicyclic) bond motifs is 1. The van der Waals surface area contributed by atoms with Crippen molar-refractivity contribution in [1.82, 2.24) is 14.7 Å².